The molecule has 0 atom stereocenters. The van der Waals surface area contributed by atoms with Gasteiger partial charge in [0.25, 0.3) is 5.91 Å². The smallest absolute Gasteiger partial charge is 0.255 e. The Morgan fingerprint density at radius 3 is 2.63 bits per heavy atom. The number of nitrogens with two attached hydrogens (primary N) is 1. The Labute approximate surface area is 121 Å². The van der Waals surface area contributed by atoms with Gasteiger partial charge in [-0.15, -0.1) is 0 Å². The summed E-state index contributed by atoms with van der Waals surface area (Å²) in [6.45, 7) is 3.75. The Morgan fingerprint density at radius 1 is 1.42 bits per heavy atom. The molecule has 0 aromatic heterocycles. The van der Waals surface area contributed by atoms with Gasteiger partial charge in [0, 0.05) is 18.8 Å². The van der Waals surface area contributed by atoms with E-state index in [9.17, 15) is 9.59 Å². The summed E-state index contributed by atoms with van der Waals surface area (Å²) in [5.41, 5.74) is 6.66. The summed E-state index contributed by atoms with van der Waals surface area (Å²) in [5, 5.41) is 2.74. The number of amides is 2. The maximum atomic E-state index is 12.2. The summed E-state index contributed by atoms with van der Waals surface area (Å²) in [7, 11) is 1.58. The van der Waals surface area contributed by atoms with E-state index in [-0.39, 0.29) is 24.4 Å². The summed E-state index contributed by atoms with van der Waals surface area (Å²) < 4.78 is 0.552. The van der Waals surface area contributed by atoms with Gasteiger partial charge in [-0.1, -0.05) is 6.07 Å². The van der Waals surface area contributed by atoms with E-state index in [1.807, 2.05) is 13.8 Å². The highest BCUT2D eigenvalue weighted by atomic mass is 79.9. The van der Waals surface area contributed by atoms with Crippen LogP contribution < -0.4 is 11.1 Å². The third kappa shape index (κ3) is 4.24. The number of carbonyl (C=O) groups excluding carboxylic acids is 2. The van der Waals surface area contributed by atoms with Crippen molar-refractivity contribution in [3.63, 3.8) is 0 Å². The fourth-order valence-electron chi connectivity index (χ4n) is 1.58. The highest BCUT2D eigenvalue weighted by molar-refractivity contribution is 9.10. The van der Waals surface area contributed by atoms with E-state index < -0.39 is 0 Å². The second kappa shape index (κ2) is 6.56. The number of nitrogen functional groups attached to an aromatic ring is 1. The molecule has 0 heterocycles. The number of hydrogen-bond donors (Lipinski definition) is 2. The van der Waals surface area contributed by atoms with Gasteiger partial charge in [-0.2, -0.15) is 0 Å². The first-order chi connectivity index (χ1) is 8.82. The number of rotatable bonds is 4. The van der Waals surface area contributed by atoms with E-state index in [1.54, 1.807) is 25.2 Å². The van der Waals surface area contributed by atoms with Crippen LogP contribution in [-0.2, 0) is 4.79 Å². The van der Waals surface area contributed by atoms with Crippen LogP contribution in [0, 0.1) is 0 Å². The Morgan fingerprint density at radius 2 is 2.05 bits per heavy atom. The zero-order valence-electron chi connectivity index (χ0n) is 11.2. The van der Waals surface area contributed by atoms with Crippen molar-refractivity contribution in [2.24, 2.45) is 0 Å². The lowest BCUT2D eigenvalue weighted by molar-refractivity contribution is -0.122. The Kier molecular flexibility index (Phi) is 5.35. The molecule has 0 saturated carbocycles. The minimum atomic E-state index is -0.252. The number of hydrogen-bond acceptors (Lipinski definition) is 3. The molecule has 0 radical (unpaired) electrons. The van der Waals surface area contributed by atoms with Crippen LogP contribution >= 0.6 is 15.9 Å². The van der Waals surface area contributed by atoms with Crippen molar-refractivity contribution in [1.82, 2.24) is 10.2 Å². The van der Waals surface area contributed by atoms with Gasteiger partial charge in [-0.25, -0.2) is 0 Å². The number of halogens is 1. The Hall–Kier alpha value is -1.56. The molecule has 6 heteroatoms. The van der Waals surface area contributed by atoms with Crippen LogP contribution in [0.3, 0.4) is 0 Å². The van der Waals surface area contributed by atoms with E-state index in [0.29, 0.717) is 15.7 Å². The van der Waals surface area contributed by atoms with Crippen molar-refractivity contribution in [1.29, 1.82) is 0 Å². The van der Waals surface area contributed by atoms with Crippen LogP contribution in [0.5, 0.6) is 0 Å². The molecule has 1 aromatic rings. The lowest BCUT2D eigenvalue weighted by Crippen LogP contribution is -2.40. The first-order valence-electron chi connectivity index (χ1n) is 5.91. The summed E-state index contributed by atoms with van der Waals surface area (Å²) in [6, 6.07) is 5.12. The van der Waals surface area contributed by atoms with Gasteiger partial charge in [0.05, 0.1) is 16.6 Å². The average molecular weight is 328 g/mol. The summed E-state index contributed by atoms with van der Waals surface area (Å²) in [4.78, 5) is 25.2. The lowest BCUT2D eigenvalue weighted by atomic mass is 10.2. The van der Waals surface area contributed by atoms with Crippen molar-refractivity contribution in [3.05, 3.63) is 28.2 Å². The van der Waals surface area contributed by atoms with E-state index in [0.717, 1.165) is 0 Å². The predicted molar refractivity (Wildman–Crippen MR) is 78.8 cm³/mol. The van der Waals surface area contributed by atoms with Crippen LogP contribution in [0.25, 0.3) is 0 Å². The molecular formula is C13H18BrN3O2. The minimum absolute atomic E-state index is 0.0122. The van der Waals surface area contributed by atoms with Crippen LogP contribution in [0.1, 0.15) is 24.2 Å². The van der Waals surface area contributed by atoms with Crippen molar-refractivity contribution < 1.29 is 9.59 Å². The van der Waals surface area contributed by atoms with Gasteiger partial charge >= 0.3 is 0 Å². The largest absolute Gasteiger partial charge is 0.398 e. The topological polar surface area (TPSA) is 75.4 Å². The molecule has 0 aliphatic rings. The third-order valence-electron chi connectivity index (χ3n) is 2.44. The molecule has 0 spiro atoms. The lowest BCUT2D eigenvalue weighted by Gasteiger charge is -2.19. The van der Waals surface area contributed by atoms with E-state index in [2.05, 4.69) is 21.2 Å². The zero-order valence-corrected chi connectivity index (χ0v) is 12.8. The first-order valence-corrected chi connectivity index (χ1v) is 6.71. The molecule has 19 heavy (non-hydrogen) atoms. The SMILES string of the molecule is CC(C)NC(=O)CN(C)C(=O)c1cccc(N)c1Br. The summed E-state index contributed by atoms with van der Waals surface area (Å²) in [6.07, 6.45) is 0. The van der Waals surface area contributed by atoms with Crippen molar-refractivity contribution in [2.45, 2.75) is 19.9 Å². The standard InChI is InChI=1S/C13H18BrN3O2/c1-8(2)16-11(18)7-17(3)13(19)9-5-4-6-10(15)12(9)14/h4-6,8H,7,15H2,1-3H3,(H,16,18). The number of anilines is 1. The third-order valence-corrected chi connectivity index (χ3v) is 3.32. The average Bonchev–Trinajstić information content (AvgIpc) is 2.30. The van der Waals surface area contributed by atoms with Crippen molar-refractivity contribution >= 4 is 33.4 Å². The second-order valence-electron chi connectivity index (χ2n) is 4.59. The molecule has 0 aliphatic carbocycles. The highest BCUT2D eigenvalue weighted by Crippen LogP contribution is 2.24. The molecule has 3 N–H and O–H groups in total. The number of benzene rings is 1. The van der Waals surface area contributed by atoms with Gasteiger partial charge in [0.2, 0.25) is 5.91 Å². The fraction of sp³-hybridized carbons (Fsp3) is 0.385. The molecule has 1 aromatic carbocycles. The van der Waals surface area contributed by atoms with Gasteiger partial charge in [0.1, 0.15) is 0 Å². The van der Waals surface area contributed by atoms with Gasteiger partial charge in [0.15, 0.2) is 0 Å². The quantitative estimate of drug-likeness (QED) is 0.825. The van der Waals surface area contributed by atoms with E-state index >= 15 is 0 Å². The molecule has 0 bridgehead atoms. The normalized spacial score (nSPS) is 10.4. The molecule has 0 unspecified atom stereocenters. The molecule has 0 fully saturated rings. The van der Waals surface area contributed by atoms with Gasteiger partial charge < -0.3 is 16.0 Å². The summed E-state index contributed by atoms with van der Waals surface area (Å²) >= 11 is 3.28. The summed E-state index contributed by atoms with van der Waals surface area (Å²) in [5.74, 6) is -0.441. The Bertz CT molecular complexity index is 489. The van der Waals surface area contributed by atoms with Crippen molar-refractivity contribution in [3.8, 4) is 0 Å². The second-order valence-corrected chi connectivity index (χ2v) is 5.39. The van der Waals surface area contributed by atoms with Crippen LogP contribution in [0.15, 0.2) is 22.7 Å². The first kappa shape index (κ1) is 15.5. The number of nitrogens with zero attached hydrogens (tertiary/aromatic N) is 1. The number of likely N-dealkylation sites (N-methyl/N-ethyl adjacent to an activating group) is 1. The van der Waals surface area contributed by atoms with Crippen LogP contribution in [0.4, 0.5) is 5.69 Å². The molecule has 0 aliphatic heterocycles. The molecule has 104 valence electrons. The highest BCUT2D eigenvalue weighted by Gasteiger charge is 2.18. The molecular weight excluding hydrogens is 310 g/mol. The molecule has 1 rings (SSSR count). The van der Waals surface area contributed by atoms with Crippen molar-refractivity contribution in [2.75, 3.05) is 19.3 Å². The van der Waals surface area contributed by atoms with Crippen LogP contribution in [-0.4, -0.2) is 36.3 Å². The molecule has 2 amide bonds. The fourth-order valence-corrected chi connectivity index (χ4v) is 2.01. The van der Waals surface area contributed by atoms with E-state index in [1.165, 1.54) is 4.90 Å². The maximum Gasteiger partial charge on any atom is 0.255 e. The Balaban J connectivity index is 2.77. The number of carbonyl (C=O) groups is 2. The van der Waals surface area contributed by atoms with Gasteiger partial charge in [-0.3, -0.25) is 9.59 Å². The minimum Gasteiger partial charge on any atom is -0.398 e. The monoisotopic (exact) mass is 327 g/mol. The molecule has 5 nitrogen and oxygen atoms in total. The maximum absolute atomic E-state index is 12.2. The zero-order chi connectivity index (χ0) is 14.6. The van der Waals surface area contributed by atoms with Gasteiger partial charge in [-0.05, 0) is 41.9 Å². The molecule has 0 saturated heterocycles. The van der Waals surface area contributed by atoms with E-state index in [4.69, 9.17) is 5.73 Å². The van der Waals surface area contributed by atoms with Crippen LogP contribution in [0.2, 0.25) is 0 Å². The number of nitrogens with one attached hydrogen (secondary N) is 1. The predicted octanol–water partition coefficient (Wildman–Crippen LogP) is 1.63.